The molecule has 3 rings (SSSR count). The summed E-state index contributed by atoms with van der Waals surface area (Å²) < 4.78 is 5.26. The van der Waals surface area contributed by atoms with E-state index in [4.69, 9.17) is 4.74 Å². The highest BCUT2D eigenvalue weighted by Gasteiger charge is 2.35. The number of carbonyl (C=O) groups is 4. The summed E-state index contributed by atoms with van der Waals surface area (Å²) in [4.78, 5) is 50.6. The van der Waals surface area contributed by atoms with Crippen molar-refractivity contribution in [2.75, 3.05) is 13.1 Å². The lowest BCUT2D eigenvalue weighted by Crippen LogP contribution is -2.37. The first-order chi connectivity index (χ1) is 14.8. The Kier molecular flexibility index (Phi) is 6.65. The van der Waals surface area contributed by atoms with Gasteiger partial charge in [-0.3, -0.25) is 19.3 Å². The van der Waals surface area contributed by atoms with Crippen molar-refractivity contribution in [2.24, 2.45) is 0 Å². The van der Waals surface area contributed by atoms with Gasteiger partial charge in [-0.2, -0.15) is 0 Å². The van der Waals surface area contributed by atoms with Crippen LogP contribution in [-0.2, 0) is 9.53 Å². The summed E-state index contributed by atoms with van der Waals surface area (Å²) in [6.45, 7) is 7.50. The molecule has 0 aliphatic carbocycles. The largest absolute Gasteiger partial charge is 0.449 e. The van der Waals surface area contributed by atoms with Gasteiger partial charge < -0.3 is 10.1 Å². The van der Waals surface area contributed by atoms with Crippen LogP contribution in [0.5, 0.6) is 0 Å². The molecule has 0 saturated carbocycles. The summed E-state index contributed by atoms with van der Waals surface area (Å²) in [5, 5.41) is 2.78. The molecule has 0 bridgehead atoms. The summed E-state index contributed by atoms with van der Waals surface area (Å²) >= 11 is 0. The van der Waals surface area contributed by atoms with Crippen LogP contribution in [0.15, 0.2) is 61.2 Å². The minimum absolute atomic E-state index is 0.0880. The first-order valence-corrected chi connectivity index (χ1v) is 9.98. The maximum Gasteiger partial charge on any atom is 0.338 e. The monoisotopic (exact) mass is 420 g/mol. The number of nitrogens with zero attached hydrogens (tertiary/aromatic N) is 1. The highest BCUT2D eigenvalue weighted by Crippen LogP contribution is 2.24. The predicted molar refractivity (Wildman–Crippen MR) is 115 cm³/mol. The van der Waals surface area contributed by atoms with Crippen LogP contribution in [0.3, 0.4) is 0 Å². The number of rotatable bonds is 8. The molecule has 31 heavy (non-hydrogen) atoms. The van der Waals surface area contributed by atoms with Crippen molar-refractivity contribution < 1.29 is 23.9 Å². The lowest BCUT2D eigenvalue weighted by atomic mass is 10.0. The van der Waals surface area contributed by atoms with E-state index in [1.807, 2.05) is 37.3 Å². The van der Waals surface area contributed by atoms with Gasteiger partial charge in [0.25, 0.3) is 17.7 Å². The van der Waals surface area contributed by atoms with Gasteiger partial charge in [0, 0.05) is 13.1 Å². The second-order valence-electron chi connectivity index (χ2n) is 7.37. The number of carbonyl (C=O) groups excluding carboxylic acids is 4. The summed E-state index contributed by atoms with van der Waals surface area (Å²) in [7, 11) is 0. The van der Waals surface area contributed by atoms with Crippen LogP contribution in [0.2, 0.25) is 0 Å². The van der Waals surface area contributed by atoms with Gasteiger partial charge in [-0.05, 0) is 36.6 Å². The molecule has 0 unspecified atom stereocenters. The van der Waals surface area contributed by atoms with Gasteiger partial charge in [0.15, 0.2) is 6.10 Å². The summed E-state index contributed by atoms with van der Waals surface area (Å²) in [6.07, 6.45) is 0.439. The number of hydrogen-bond acceptors (Lipinski definition) is 5. The summed E-state index contributed by atoms with van der Waals surface area (Å²) in [5.41, 5.74) is 1.55. The van der Waals surface area contributed by atoms with Crippen LogP contribution in [0.25, 0.3) is 0 Å². The highest BCUT2D eigenvalue weighted by molar-refractivity contribution is 6.22. The van der Waals surface area contributed by atoms with Crippen molar-refractivity contribution in [3.05, 3.63) is 83.4 Å². The average Bonchev–Trinajstić information content (AvgIpc) is 3.02. The standard InChI is InChI=1S/C24H24N2O5/c1-4-12-26-22(28)19-11-10-18(13-20(19)23(26)29)24(30)31-16(3)21(27)25-14-15(2)17-8-6-5-7-9-17/h4-11,13,15-16H,1,12,14H2,2-3H3,(H,25,27)/t15-,16-/m0/s1. The number of ether oxygens (including phenoxy) is 1. The Morgan fingerprint density at radius 3 is 2.42 bits per heavy atom. The second-order valence-corrected chi connectivity index (χ2v) is 7.37. The molecule has 1 heterocycles. The number of imide groups is 1. The van der Waals surface area contributed by atoms with E-state index in [9.17, 15) is 19.2 Å². The molecular weight excluding hydrogens is 396 g/mol. The third-order valence-electron chi connectivity index (χ3n) is 5.12. The number of amides is 3. The maximum atomic E-state index is 12.5. The average molecular weight is 420 g/mol. The third kappa shape index (κ3) is 4.71. The Labute approximate surface area is 180 Å². The molecule has 2 aromatic carbocycles. The fourth-order valence-electron chi connectivity index (χ4n) is 3.29. The zero-order chi connectivity index (χ0) is 22.5. The predicted octanol–water partition coefficient (Wildman–Crippen LogP) is 2.93. The van der Waals surface area contributed by atoms with E-state index >= 15 is 0 Å². The molecule has 0 saturated heterocycles. The molecule has 0 fully saturated rings. The van der Waals surface area contributed by atoms with Crippen molar-refractivity contribution in [3.8, 4) is 0 Å². The van der Waals surface area contributed by atoms with Crippen LogP contribution in [0.1, 0.15) is 56.4 Å². The van der Waals surface area contributed by atoms with E-state index < -0.39 is 29.8 Å². The van der Waals surface area contributed by atoms with Gasteiger partial charge in [-0.15, -0.1) is 6.58 Å². The van der Waals surface area contributed by atoms with Gasteiger partial charge in [0.05, 0.1) is 16.7 Å². The van der Waals surface area contributed by atoms with Crippen molar-refractivity contribution in [2.45, 2.75) is 25.9 Å². The number of fused-ring (bicyclic) bond motifs is 1. The van der Waals surface area contributed by atoms with Crippen LogP contribution in [0, 0.1) is 0 Å². The number of benzene rings is 2. The highest BCUT2D eigenvalue weighted by atomic mass is 16.5. The molecule has 3 amide bonds. The van der Waals surface area contributed by atoms with E-state index in [-0.39, 0.29) is 29.2 Å². The molecular formula is C24H24N2O5. The fraction of sp³-hybridized carbons (Fsp3) is 0.250. The molecule has 7 nitrogen and oxygen atoms in total. The molecule has 7 heteroatoms. The quantitative estimate of drug-likeness (QED) is 0.403. The van der Waals surface area contributed by atoms with E-state index in [1.165, 1.54) is 31.2 Å². The Balaban J connectivity index is 1.60. The van der Waals surface area contributed by atoms with Crippen molar-refractivity contribution >= 4 is 23.7 Å². The zero-order valence-electron chi connectivity index (χ0n) is 17.5. The van der Waals surface area contributed by atoms with E-state index in [0.29, 0.717) is 6.54 Å². The van der Waals surface area contributed by atoms with Gasteiger partial charge in [0.2, 0.25) is 0 Å². The SMILES string of the molecule is C=CCN1C(=O)c2ccc(C(=O)O[C@@H](C)C(=O)NC[C@H](C)c3ccccc3)cc2C1=O. The minimum atomic E-state index is -1.02. The van der Waals surface area contributed by atoms with Gasteiger partial charge in [-0.1, -0.05) is 43.3 Å². The zero-order valence-corrected chi connectivity index (χ0v) is 17.5. The smallest absolute Gasteiger partial charge is 0.338 e. The Morgan fingerprint density at radius 1 is 1.06 bits per heavy atom. The molecule has 1 aliphatic rings. The van der Waals surface area contributed by atoms with Gasteiger partial charge in [0.1, 0.15) is 0 Å². The Morgan fingerprint density at radius 2 is 1.74 bits per heavy atom. The molecule has 2 aromatic rings. The molecule has 160 valence electrons. The fourth-order valence-corrected chi connectivity index (χ4v) is 3.29. The number of esters is 1. The van der Waals surface area contributed by atoms with Crippen molar-refractivity contribution in [3.63, 3.8) is 0 Å². The van der Waals surface area contributed by atoms with E-state index in [1.54, 1.807) is 0 Å². The number of nitrogens with one attached hydrogen (secondary N) is 1. The van der Waals surface area contributed by atoms with Crippen molar-refractivity contribution in [1.29, 1.82) is 0 Å². The number of hydrogen-bond donors (Lipinski definition) is 1. The minimum Gasteiger partial charge on any atom is -0.449 e. The molecule has 0 spiro atoms. The molecule has 2 atom stereocenters. The Hall–Kier alpha value is -3.74. The van der Waals surface area contributed by atoms with E-state index in [2.05, 4.69) is 11.9 Å². The third-order valence-corrected chi connectivity index (χ3v) is 5.12. The summed E-state index contributed by atoms with van der Waals surface area (Å²) in [6, 6.07) is 13.9. The van der Waals surface area contributed by atoms with Crippen molar-refractivity contribution in [1.82, 2.24) is 10.2 Å². The lowest BCUT2D eigenvalue weighted by molar-refractivity contribution is -0.129. The lowest BCUT2D eigenvalue weighted by Gasteiger charge is -2.17. The molecule has 1 N–H and O–H groups in total. The van der Waals surface area contributed by atoms with Crippen LogP contribution in [0.4, 0.5) is 0 Å². The maximum absolute atomic E-state index is 12.5. The molecule has 0 aromatic heterocycles. The molecule has 1 aliphatic heterocycles. The Bertz CT molecular complexity index is 1030. The normalized spacial score (nSPS) is 14.6. The first kappa shape index (κ1) is 22.0. The first-order valence-electron chi connectivity index (χ1n) is 9.98. The van der Waals surface area contributed by atoms with Gasteiger partial charge >= 0.3 is 5.97 Å². The van der Waals surface area contributed by atoms with E-state index in [0.717, 1.165) is 10.5 Å². The van der Waals surface area contributed by atoms with Crippen LogP contribution >= 0.6 is 0 Å². The molecule has 0 radical (unpaired) electrons. The summed E-state index contributed by atoms with van der Waals surface area (Å²) in [5.74, 6) is -1.98. The van der Waals surface area contributed by atoms with Crippen LogP contribution in [-0.4, -0.2) is 47.8 Å². The topological polar surface area (TPSA) is 92.8 Å². The van der Waals surface area contributed by atoms with Crippen LogP contribution < -0.4 is 5.32 Å². The van der Waals surface area contributed by atoms with Gasteiger partial charge in [-0.25, -0.2) is 4.79 Å². The second kappa shape index (κ2) is 9.38.